The summed E-state index contributed by atoms with van der Waals surface area (Å²) in [5.41, 5.74) is 1.35. The molecular weight excluding hydrogens is 224 g/mol. The van der Waals surface area contributed by atoms with Crippen molar-refractivity contribution < 1.29 is 4.74 Å². The fourth-order valence-corrected chi connectivity index (χ4v) is 2.31. The number of hydrogen-bond donors (Lipinski definition) is 2. The van der Waals surface area contributed by atoms with Crippen molar-refractivity contribution >= 4 is 0 Å². The van der Waals surface area contributed by atoms with Crippen LogP contribution in [0.5, 0.6) is 5.75 Å². The van der Waals surface area contributed by atoms with Crippen LogP contribution in [0.2, 0.25) is 0 Å². The Hall–Kier alpha value is -1.06. The topological polar surface area (TPSA) is 33.3 Å². The highest BCUT2D eigenvalue weighted by molar-refractivity contribution is 5.35. The van der Waals surface area contributed by atoms with Crippen LogP contribution in [-0.2, 0) is 6.42 Å². The van der Waals surface area contributed by atoms with Crippen LogP contribution in [-0.4, -0.2) is 32.8 Å². The number of nitrogens with one attached hydrogen (secondary N) is 2. The van der Waals surface area contributed by atoms with E-state index in [-0.39, 0.29) is 0 Å². The van der Waals surface area contributed by atoms with Gasteiger partial charge in [0, 0.05) is 25.6 Å². The number of rotatable bonds is 7. The van der Waals surface area contributed by atoms with Crippen molar-refractivity contribution in [2.45, 2.75) is 19.8 Å². The van der Waals surface area contributed by atoms with Crippen LogP contribution in [0.25, 0.3) is 0 Å². The minimum absolute atomic E-state index is 0.603. The first-order chi connectivity index (χ1) is 8.90. The van der Waals surface area contributed by atoms with Crippen LogP contribution in [0, 0.1) is 5.92 Å². The molecule has 3 heteroatoms. The smallest absolute Gasteiger partial charge is 0.122 e. The lowest BCUT2D eigenvalue weighted by Gasteiger charge is -2.25. The zero-order valence-electron chi connectivity index (χ0n) is 11.2. The molecule has 1 heterocycles. The van der Waals surface area contributed by atoms with Crippen molar-refractivity contribution in [2.24, 2.45) is 5.92 Å². The second-order valence-corrected chi connectivity index (χ2v) is 4.94. The second kappa shape index (κ2) is 7.39. The Labute approximate surface area is 110 Å². The van der Waals surface area contributed by atoms with Gasteiger partial charge in [-0.15, -0.1) is 0 Å². The van der Waals surface area contributed by atoms with E-state index in [0.717, 1.165) is 45.0 Å². The fourth-order valence-electron chi connectivity index (χ4n) is 2.31. The summed E-state index contributed by atoms with van der Waals surface area (Å²) < 4.78 is 5.78. The number of ether oxygens (including phenoxy) is 1. The van der Waals surface area contributed by atoms with E-state index in [1.165, 1.54) is 12.0 Å². The zero-order chi connectivity index (χ0) is 12.6. The second-order valence-electron chi connectivity index (χ2n) is 4.94. The minimum Gasteiger partial charge on any atom is -0.493 e. The highest BCUT2D eigenvalue weighted by Gasteiger charge is 2.18. The third-order valence-corrected chi connectivity index (χ3v) is 3.29. The van der Waals surface area contributed by atoms with Gasteiger partial charge in [0.05, 0.1) is 6.61 Å². The fraction of sp³-hybridized carbons (Fsp3) is 0.600. The molecule has 0 aliphatic carbocycles. The summed E-state index contributed by atoms with van der Waals surface area (Å²) in [4.78, 5) is 0. The van der Waals surface area contributed by atoms with Crippen LogP contribution in [0.1, 0.15) is 18.9 Å². The normalized spacial score (nSPS) is 18.2. The summed E-state index contributed by atoms with van der Waals surface area (Å²) in [6, 6.07) is 8.36. The molecule has 0 aromatic heterocycles. The molecule has 1 aliphatic rings. The molecule has 0 bridgehead atoms. The largest absolute Gasteiger partial charge is 0.493 e. The molecule has 1 atom stereocenters. The standard InChI is InChI=1S/C15H24N2O/c1-2-7-16-8-9-17-11-13-10-14-5-3-4-6-15(14)18-12-13/h3-6,13,16-17H,2,7-12H2,1H3. The number of benzene rings is 1. The van der Waals surface area contributed by atoms with Crippen LogP contribution in [0.15, 0.2) is 24.3 Å². The number of fused-ring (bicyclic) bond motifs is 1. The van der Waals surface area contributed by atoms with Crippen LogP contribution < -0.4 is 15.4 Å². The predicted octanol–water partition coefficient (Wildman–Crippen LogP) is 1.83. The Balaban J connectivity index is 1.64. The van der Waals surface area contributed by atoms with Gasteiger partial charge in [0.25, 0.3) is 0 Å². The molecule has 3 nitrogen and oxygen atoms in total. The van der Waals surface area contributed by atoms with Gasteiger partial charge >= 0.3 is 0 Å². The summed E-state index contributed by atoms with van der Waals surface area (Å²) in [6.07, 6.45) is 2.33. The third kappa shape index (κ3) is 4.00. The van der Waals surface area contributed by atoms with E-state index in [1.54, 1.807) is 0 Å². The van der Waals surface area contributed by atoms with Gasteiger partial charge in [0.1, 0.15) is 5.75 Å². The van der Waals surface area contributed by atoms with Gasteiger partial charge in [-0.3, -0.25) is 0 Å². The van der Waals surface area contributed by atoms with Gasteiger partial charge in [-0.25, -0.2) is 0 Å². The van der Waals surface area contributed by atoms with E-state index in [2.05, 4.69) is 35.8 Å². The van der Waals surface area contributed by atoms with E-state index in [0.29, 0.717) is 5.92 Å². The average molecular weight is 248 g/mol. The molecule has 0 saturated heterocycles. The first-order valence-corrected chi connectivity index (χ1v) is 7.02. The van der Waals surface area contributed by atoms with Crippen LogP contribution in [0.4, 0.5) is 0 Å². The van der Waals surface area contributed by atoms with E-state index in [9.17, 15) is 0 Å². The van der Waals surface area contributed by atoms with E-state index in [1.807, 2.05) is 6.07 Å². The molecule has 0 radical (unpaired) electrons. The molecule has 0 spiro atoms. The predicted molar refractivity (Wildman–Crippen MR) is 75.2 cm³/mol. The highest BCUT2D eigenvalue weighted by atomic mass is 16.5. The molecule has 2 N–H and O–H groups in total. The molecule has 1 aliphatic heterocycles. The van der Waals surface area contributed by atoms with Crippen molar-refractivity contribution in [1.29, 1.82) is 0 Å². The van der Waals surface area contributed by atoms with Crippen LogP contribution in [0.3, 0.4) is 0 Å². The molecule has 2 rings (SSSR count). The zero-order valence-corrected chi connectivity index (χ0v) is 11.2. The van der Waals surface area contributed by atoms with Gasteiger partial charge in [-0.05, 0) is 31.0 Å². The molecule has 0 saturated carbocycles. The van der Waals surface area contributed by atoms with Crippen molar-refractivity contribution in [3.63, 3.8) is 0 Å². The first-order valence-electron chi connectivity index (χ1n) is 7.02. The molecule has 18 heavy (non-hydrogen) atoms. The summed E-state index contributed by atoms with van der Waals surface area (Å²) in [6.45, 7) is 7.28. The van der Waals surface area contributed by atoms with Crippen molar-refractivity contribution in [3.8, 4) is 5.75 Å². The van der Waals surface area contributed by atoms with Gasteiger partial charge in [-0.2, -0.15) is 0 Å². The third-order valence-electron chi connectivity index (χ3n) is 3.29. The monoisotopic (exact) mass is 248 g/mol. The Morgan fingerprint density at radius 3 is 2.89 bits per heavy atom. The van der Waals surface area contributed by atoms with Crippen molar-refractivity contribution in [3.05, 3.63) is 29.8 Å². The van der Waals surface area contributed by atoms with Crippen molar-refractivity contribution in [1.82, 2.24) is 10.6 Å². The average Bonchev–Trinajstić information content (AvgIpc) is 2.42. The molecular formula is C15H24N2O. The molecule has 100 valence electrons. The van der Waals surface area contributed by atoms with Gasteiger partial charge in [0.2, 0.25) is 0 Å². The SMILES string of the molecule is CCCNCCNCC1COc2ccccc2C1. The lowest BCUT2D eigenvalue weighted by molar-refractivity contribution is 0.218. The molecule has 0 fully saturated rings. The van der Waals surface area contributed by atoms with E-state index < -0.39 is 0 Å². The molecule has 0 amide bonds. The Bertz CT molecular complexity index is 354. The summed E-state index contributed by atoms with van der Waals surface area (Å²) in [7, 11) is 0. The van der Waals surface area contributed by atoms with Gasteiger partial charge < -0.3 is 15.4 Å². The summed E-state index contributed by atoms with van der Waals surface area (Å²) >= 11 is 0. The summed E-state index contributed by atoms with van der Waals surface area (Å²) in [5.74, 6) is 1.67. The Morgan fingerprint density at radius 1 is 1.17 bits per heavy atom. The molecule has 1 unspecified atom stereocenters. The van der Waals surface area contributed by atoms with Crippen LogP contribution >= 0.6 is 0 Å². The molecule has 1 aromatic rings. The maximum absolute atomic E-state index is 5.78. The van der Waals surface area contributed by atoms with E-state index in [4.69, 9.17) is 4.74 Å². The molecule has 1 aromatic carbocycles. The van der Waals surface area contributed by atoms with Gasteiger partial charge in [0.15, 0.2) is 0 Å². The first kappa shape index (κ1) is 13.4. The lowest BCUT2D eigenvalue weighted by Crippen LogP contribution is -2.35. The maximum Gasteiger partial charge on any atom is 0.122 e. The number of hydrogen-bond acceptors (Lipinski definition) is 3. The Kier molecular flexibility index (Phi) is 5.49. The van der Waals surface area contributed by atoms with E-state index >= 15 is 0 Å². The maximum atomic E-state index is 5.78. The lowest BCUT2D eigenvalue weighted by atomic mass is 9.97. The number of para-hydroxylation sites is 1. The quantitative estimate of drug-likeness (QED) is 0.722. The Morgan fingerprint density at radius 2 is 2.00 bits per heavy atom. The van der Waals surface area contributed by atoms with Crippen molar-refractivity contribution in [2.75, 3.05) is 32.8 Å². The summed E-state index contributed by atoms with van der Waals surface area (Å²) in [5, 5.41) is 6.90. The highest BCUT2D eigenvalue weighted by Crippen LogP contribution is 2.26. The minimum atomic E-state index is 0.603. The van der Waals surface area contributed by atoms with Gasteiger partial charge in [-0.1, -0.05) is 25.1 Å².